The lowest BCUT2D eigenvalue weighted by molar-refractivity contribution is -0.137. The van der Waals surface area contributed by atoms with Crippen molar-refractivity contribution in [2.45, 2.75) is 32.5 Å². The monoisotopic (exact) mass is 615 g/mol. The van der Waals surface area contributed by atoms with Gasteiger partial charge in [-0.3, -0.25) is 4.79 Å². The number of halogens is 4. The molecule has 234 valence electrons. The van der Waals surface area contributed by atoms with Gasteiger partial charge in [0.2, 0.25) is 17.7 Å². The maximum Gasteiger partial charge on any atom is 0.421 e. The van der Waals surface area contributed by atoms with Crippen LogP contribution in [0, 0.1) is 12.8 Å². The van der Waals surface area contributed by atoms with Gasteiger partial charge in [0, 0.05) is 34.9 Å². The molecular formula is C30H33F4N7O3. The van der Waals surface area contributed by atoms with Gasteiger partial charge in [0.25, 0.3) is 0 Å². The number of carbonyl (C=O) groups is 1. The van der Waals surface area contributed by atoms with Gasteiger partial charge in [0.1, 0.15) is 23.8 Å². The minimum Gasteiger partial charge on any atom is -0.494 e. The lowest BCUT2D eigenvalue weighted by Gasteiger charge is -2.28. The maximum absolute atomic E-state index is 14.0. The van der Waals surface area contributed by atoms with Crippen LogP contribution in [0.2, 0.25) is 0 Å². The number of piperidine rings is 1. The number of amides is 1. The van der Waals surface area contributed by atoms with Crippen LogP contribution < -0.4 is 20.7 Å². The lowest BCUT2D eigenvalue weighted by Crippen LogP contribution is -2.35. The third kappa shape index (κ3) is 6.34. The van der Waals surface area contributed by atoms with Crippen LogP contribution in [0.4, 0.5) is 46.4 Å². The molecule has 0 aliphatic carbocycles. The molecule has 4 aromatic rings. The standard InChI is InChI=1S/C30H33F4N7O3/c1-17-20-5-4-6-23(25(20)28(43)41(17)14-11-31)37-26-21(30(32,33)34)16-35-29(39-26)38-22-8-7-19(15-24(22)44-3)36-27(42)18-9-12-40(2)13-10-18/h4-8,15-16,18,43H,9-14H2,1-3H3,(H,36,42)(H2,35,37,38,39). The predicted molar refractivity (Wildman–Crippen MR) is 160 cm³/mol. The molecule has 0 unspecified atom stereocenters. The van der Waals surface area contributed by atoms with E-state index in [0.29, 0.717) is 34.4 Å². The van der Waals surface area contributed by atoms with E-state index < -0.39 is 24.2 Å². The summed E-state index contributed by atoms with van der Waals surface area (Å²) in [6, 6.07) is 9.66. The van der Waals surface area contributed by atoms with Crippen LogP contribution in [0.15, 0.2) is 42.6 Å². The van der Waals surface area contributed by atoms with Crippen molar-refractivity contribution in [3.05, 3.63) is 53.9 Å². The Hall–Kier alpha value is -4.59. The Kier molecular flexibility index (Phi) is 8.81. The number of carbonyl (C=O) groups excluding carboxylic acids is 1. The molecule has 1 fully saturated rings. The van der Waals surface area contributed by atoms with Crippen molar-refractivity contribution in [1.29, 1.82) is 0 Å². The molecule has 0 saturated carbocycles. The number of hydrogen-bond donors (Lipinski definition) is 4. The Morgan fingerprint density at radius 3 is 2.57 bits per heavy atom. The molecule has 1 saturated heterocycles. The molecular weight excluding hydrogens is 582 g/mol. The van der Waals surface area contributed by atoms with Gasteiger partial charge >= 0.3 is 6.18 Å². The molecule has 10 nitrogen and oxygen atoms in total. The average molecular weight is 616 g/mol. The molecule has 3 heterocycles. The minimum absolute atomic E-state index is 0.0843. The highest BCUT2D eigenvalue weighted by Crippen LogP contribution is 2.41. The highest BCUT2D eigenvalue weighted by molar-refractivity contribution is 6.01. The number of fused-ring (bicyclic) bond motifs is 1. The van der Waals surface area contributed by atoms with E-state index in [1.807, 2.05) is 7.05 Å². The number of hydrogen-bond acceptors (Lipinski definition) is 8. The van der Waals surface area contributed by atoms with Crippen LogP contribution in [0.1, 0.15) is 24.1 Å². The average Bonchev–Trinajstić information content (AvgIpc) is 3.23. The predicted octanol–water partition coefficient (Wildman–Crippen LogP) is 6.21. The molecule has 2 aromatic heterocycles. The lowest BCUT2D eigenvalue weighted by atomic mass is 9.96. The van der Waals surface area contributed by atoms with Crippen LogP contribution in [-0.4, -0.2) is 64.4 Å². The van der Waals surface area contributed by atoms with Crippen molar-refractivity contribution in [3.8, 4) is 11.6 Å². The van der Waals surface area contributed by atoms with E-state index in [1.54, 1.807) is 37.3 Å². The molecule has 14 heteroatoms. The topological polar surface area (TPSA) is 117 Å². The van der Waals surface area contributed by atoms with Crippen molar-refractivity contribution in [2.24, 2.45) is 5.92 Å². The van der Waals surface area contributed by atoms with E-state index in [4.69, 9.17) is 4.74 Å². The highest BCUT2D eigenvalue weighted by atomic mass is 19.4. The summed E-state index contributed by atoms with van der Waals surface area (Å²) in [6.45, 7) is 2.54. The van der Waals surface area contributed by atoms with E-state index in [1.165, 1.54) is 17.7 Å². The number of aryl methyl sites for hydroxylation is 1. The first-order chi connectivity index (χ1) is 21.0. The summed E-state index contributed by atoms with van der Waals surface area (Å²) >= 11 is 0. The van der Waals surface area contributed by atoms with Gasteiger partial charge in [-0.15, -0.1) is 0 Å². The summed E-state index contributed by atoms with van der Waals surface area (Å²) < 4.78 is 61.9. The first-order valence-electron chi connectivity index (χ1n) is 14.0. The number of ether oxygens (including phenoxy) is 1. The fourth-order valence-corrected chi connectivity index (χ4v) is 5.38. The van der Waals surface area contributed by atoms with Gasteiger partial charge < -0.3 is 35.3 Å². The number of nitrogens with zero attached hydrogens (tertiary/aromatic N) is 4. The number of likely N-dealkylation sites (tertiary alicyclic amines) is 1. The summed E-state index contributed by atoms with van der Waals surface area (Å²) in [7, 11) is 3.44. The maximum atomic E-state index is 14.0. The van der Waals surface area contributed by atoms with Crippen molar-refractivity contribution < 1.29 is 32.2 Å². The first-order valence-corrected chi connectivity index (χ1v) is 14.0. The molecule has 4 N–H and O–H groups in total. The SMILES string of the molecule is COc1cc(NC(=O)C2CCN(C)CC2)ccc1Nc1ncc(C(F)(F)F)c(Nc2cccc3c(C)n(CCF)c(O)c23)n1. The number of anilines is 5. The minimum atomic E-state index is -4.79. The normalized spacial score (nSPS) is 14.5. The van der Waals surface area contributed by atoms with Crippen molar-refractivity contribution in [3.63, 3.8) is 0 Å². The van der Waals surface area contributed by atoms with E-state index in [0.717, 1.165) is 25.9 Å². The third-order valence-corrected chi connectivity index (χ3v) is 7.80. The van der Waals surface area contributed by atoms with E-state index in [-0.39, 0.29) is 41.3 Å². The molecule has 0 spiro atoms. The highest BCUT2D eigenvalue weighted by Gasteiger charge is 2.36. The van der Waals surface area contributed by atoms with Gasteiger partial charge in [-0.25, -0.2) is 9.37 Å². The first kappa shape index (κ1) is 30.9. The number of rotatable bonds is 9. The van der Waals surface area contributed by atoms with Gasteiger partial charge in [0.15, 0.2) is 0 Å². The zero-order valence-corrected chi connectivity index (χ0v) is 24.4. The van der Waals surface area contributed by atoms with E-state index in [9.17, 15) is 27.5 Å². The number of aromatic hydroxyl groups is 1. The fourth-order valence-electron chi connectivity index (χ4n) is 5.38. The number of nitrogens with one attached hydrogen (secondary N) is 3. The van der Waals surface area contributed by atoms with Gasteiger partial charge in [-0.1, -0.05) is 12.1 Å². The molecule has 5 rings (SSSR count). The third-order valence-electron chi connectivity index (χ3n) is 7.80. The van der Waals surface area contributed by atoms with E-state index in [2.05, 4.69) is 30.8 Å². The van der Waals surface area contributed by atoms with Crippen LogP contribution in [0.25, 0.3) is 10.8 Å². The molecule has 0 atom stereocenters. The van der Waals surface area contributed by atoms with Crippen molar-refractivity contribution in [1.82, 2.24) is 19.4 Å². The van der Waals surface area contributed by atoms with Crippen LogP contribution in [0.3, 0.4) is 0 Å². The van der Waals surface area contributed by atoms with Crippen LogP contribution in [0.5, 0.6) is 11.6 Å². The summed E-state index contributed by atoms with van der Waals surface area (Å²) in [4.78, 5) is 22.9. The number of alkyl halides is 4. The van der Waals surface area contributed by atoms with Gasteiger partial charge in [-0.2, -0.15) is 18.2 Å². The zero-order chi connectivity index (χ0) is 31.6. The summed E-state index contributed by atoms with van der Waals surface area (Å²) in [5.74, 6) is -0.863. The number of aromatic nitrogens is 3. The fraction of sp³-hybridized carbons (Fsp3) is 0.367. The molecule has 1 aliphatic rings. The second-order valence-electron chi connectivity index (χ2n) is 10.7. The van der Waals surface area contributed by atoms with Crippen molar-refractivity contribution in [2.75, 3.05) is 49.9 Å². The second kappa shape index (κ2) is 12.6. The molecule has 2 aromatic carbocycles. The Labute approximate surface area is 251 Å². The summed E-state index contributed by atoms with van der Waals surface area (Å²) in [5.41, 5.74) is 0.457. The molecule has 0 bridgehead atoms. The quantitative estimate of drug-likeness (QED) is 0.164. The van der Waals surface area contributed by atoms with Gasteiger partial charge in [0.05, 0.1) is 30.4 Å². The second-order valence-corrected chi connectivity index (χ2v) is 10.7. The van der Waals surface area contributed by atoms with Gasteiger partial charge in [-0.05, 0) is 58.1 Å². The molecule has 44 heavy (non-hydrogen) atoms. The van der Waals surface area contributed by atoms with E-state index >= 15 is 0 Å². The zero-order valence-electron chi connectivity index (χ0n) is 24.4. The summed E-state index contributed by atoms with van der Waals surface area (Å²) in [6.07, 6.45) is -2.62. The Morgan fingerprint density at radius 1 is 1.14 bits per heavy atom. The molecule has 1 amide bonds. The number of methoxy groups -OCH3 is 1. The van der Waals surface area contributed by atoms with Crippen LogP contribution >= 0.6 is 0 Å². The molecule has 0 radical (unpaired) electrons. The van der Waals surface area contributed by atoms with Crippen molar-refractivity contribution >= 4 is 45.5 Å². The summed E-state index contributed by atoms with van der Waals surface area (Å²) in [5, 5.41) is 20.1. The number of benzene rings is 2. The van der Waals surface area contributed by atoms with Crippen LogP contribution in [-0.2, 0) is 17.5 Å². The smallest absolute Gasteiger partial charge is 0.421 e. The Morgan fingerprint density at radius 2 is 1.89 bits per heavy atom. The Balaban J connectivity index is 1.42. The largest absolute Gasteiger partial charge is 0.494 e. The Bertz CT molecular complexity index is 1670. The molecule has 1 aliphatic heterocycles.